The van der Waals surface area contributed by atoms with Gasteiger partial charge in [-0.2, -0.15) is 0 Å². The Balaban J connectivity index is 2.20. The van der Waals surface area contributed by atoms with Crippen LogP contribution in [0.5, 0.6) is 0 Å². The highest BCUT2D eigenvalue weighted by atomic mass is 16.7. The molecule has 4 heteroatoms. The first kappa shape index (κ1) is 43.8. The largest absolute Gasteiger partial charge is 0.395 e. The second-order valence-corrected chi connectivity index (χ2v) is 14.1. The zero-order valence-electron chi connectivity index (χ0n) is 31.6. The Hall–Kier alpha value is -1.20. The number of aliphatic hydroxyl groups is 1. The third kappa shape index (κ3) is 27.3. The van der Waals surface area contributed by atoms with Crippen LogP contribution in [0.1, 0.15) is 181 Å². The molecule has 1 saturated heterocycles. The number of rotatable bonds is 34. The van der Waals surface area contributed by atoms with E-state index < -0.39 is 5.79 Å². The van der Waals surface area contributed by atoms with Crippen LogP contribution in [0.25, 0.3) is 0 Å². The smallest absolute Gasteiger partial charge is 0.168 e. The molecule has 0 aliphatic carbocycles. The molecule has 0 radical (unpaired) electrons. The van der Waals surface area contributed by atoms with Crippen molar-refractivity contribution in [2.75, 3.05) is 33.4 Å². The van der Waals surface area contributed by atoms with Crippen LogP contribution >= 0.6 is 0 Å². The van der Waals surface area contributed by atoms with E-state index in [1.54, 1.807) is 0 Å². The first-order valence-corrected chi connectivity index (χ1v) is 20.4. The minimum atomic E-state index is -0.394. The monoisotopic (exact) mass is 658 g/mol. The third-order valence-corrected chi connectivity index (χ3v) is 9.43. The molecule has 47 heavy (non-hydrogen) atoms. The molecule has 1 fully saturated rings. The maximum absolute atomic E-state index is 9.31. The summed E-state index contributed by atoms with van der Waals surface area (Å²) in [4.78, 5) is 2.16. The van der Waals surface area contributed by atoms with E-state index in [0.29, 0.717) is 13.2 Å². The SMILES string of the molecule is CCCCC/C=C\C/C=C\CCCCCCCCC1(CCCCCCCC/C=C\C/C=C\CCCCC)OC[C@H](CN(C)CCO)O1. The normalized spacial score (nSPS) is 16.8. The zero-order valence-corrected chi connectivity index (χ0v) is 31.6. The lowest BCUT2D eigenvalue weighted by Gasteiger charge is -2.29. The Labute approximate surface area is 293 Å². The lowest BCUT2D eigenvalue weighted by Crippen LogP contribution is -2.35. The van der Waals surface area contributed by atoms with E-state index in [0.717, 1.165) is 32.2 Å². The van der Waals surface area contributed by atoms with Crippen molar-refractivity contribution >= 4 is 0 Å². The van der Waals surface area contributed by atoms with E-state index >= 15 is 0 Å². The molecule has 1 rings (SSSR count). The van der Waals surface area contributed by atoms with E-state index in [-0.39, 0.29) is 12.7 Å². The van der Waals surface area contributed by atoms with Crippen molar-refractivity contribution in [3.63, 3.8) is 0 Å². The Morgan fingerprint density at radius 1 is 0.574 bits per heavy atom. The van der Waals surface area contributed by atoms with E-state index in [2.05, 4.69) is 74.4 Å². The van der Waals surface area contributed by atoms with Crippen LogP contribution in [0.3, 0.4) is 0 Å². The molecule has 0 spiro atoms. The minimum Gasteiger partial charge on any atom is -0.395 e. The van der Waals surface area contributed by atoms with Crippen molar-refractivity contribution in [1.82, 2.24) is 4.90 Å². The van der Waals surface area contributed by atoms with Crippen molar-refractivity contribution in [3.8, 4) is 0 Å². The molecule has 0 aromatic rings. The molecule has 1 N–H and O–H groups in total. The Morgan fingerprint density at radius 2 is 0.979 bits per heavy atom. The van der Waals surface area contributed by atoms with Gasteiger partial charge < -0.3 is 19.5 Å². The van der Waals surface area contributed by atoms with Gasteiger partial charge in [-0.15, -0.1) is 0 Å². The summed E-state index contributed by atoms with van der Waals surface area (Å²) in [6.45, 7) is 6.91. The first-order chi connectivity index (χ1) is 23.2. The van der Waals surface area contributed by atoms with Gasteiger partial charge in [-0.05, 0) is 84.1 Å². The van der Waals surface area contributed by atoms with Crippen molar-refractivity contribution in [2.45, 2.75) is 193 Å². The molecule has 1 atom stereocenters. The maximum atomic E-state index is 9.31. The van der Waals surface area contributed by atoms with Gasteiger partial charge in [0.15, 0.2) is 5.79 Å². The van der Waals surface area contributed by atoms with Crippen molar-refractivity contribution in [2.24, 2.45) is 0 Å². The molecule has 0 amide bonds. The molecular weight excluding hydrogens is 578 g/mol. The Bertz CT molecular complexity index is 725. The van der Waals surface area contributed by atoms with Crippen LogP contribution in [-0.4, -0.2) is 55.2 Å². The highest BCUT2D eigenvalue weighted by Gasteiger charge is 2.40. The quantitative estimate of drug-likeness (QED) is 0.0552. The van der Waals surface area contributed by atoms with Gasteiger partial charge in [0.25, 0.3) is 0 Å². The fourth-order valence-electron chi connectivity index (χ4n) is 6.47. The third-order valence-electron chi connectivity index (χ3n) is 9.43. The predicted octanol–water partition coefficient (Wildman–Crippen LogP) is 12.4. The lowest BCUT2D eigenvalue weighted by molar-refractivity contribution is -0.180. The highest BCUT2D eigenvalue weighted by molar-refractivity contribution is 4.93. The van der Waals surface area contributed by atoms with Crippen LogP contribution in [0, 0.1) is 0 Å². The van der Waals surface area contributed by atoms with Crippen LogP contribution in [0.2, 0.25) is 0 Å². The minimum absolute atomic E-state index is 0.112. The van der Waals surface area contributed by atoms with Crippen molar-refractivity contribution in [1.29, 1.82) is 0 Å². The molecule has 0 unspecified atom stereocenters. The number of nitrogens with zero attached hydrogens (tertiary/aromatic N) is 1. The Morgan fingerprint density at radius 3 is 1.40 bits per heavy atom. The van der Waals surface area contributed by atoms with Gasteiger partial charge in [-0.1, -0.05) is 140 Å². The molecular formula is C43H79NO3. The summed E-state index contributed by atoms with van der Waals surface area (Å²) in [5.74, 6) is -0.394. The van der Waals surface area contributed by atoms with E-state index in [1.165, 1.54) is 141 Å². The molecule has 1 aliphatic rings. The molecule has 4 nitrogen and oxygen atoms in total. The van der Waals surface area contributed by atoms with Gasteiger partial charge >= 0.3 is 0 Å². The average molecular weight is 658 g/mol. The van der Waals surface area contributed by atoms with Gasteiger partial charge in [0, 0.05) is 25.9 Å². The number of hydrogen-bond donors (Lipinski definition) is 1. The lowest BCUT2D eigenvalue weighted by atomic mass is 9.98. The van der Waals surface area contributed by atoms with Crippen molar-refractivity contribution in [3.05, 3.63) is 48.6 Å². The highest BCUT2D eigenvalue weighted by Crippen LogP contribution is 2.35. The summed E-state index contributed by atoms with van der Waals surface area (Å²) < 4.78 is 13.1. The van der Waals surface area contributed by atoms with E-state index in [4.69, 9.17) is 9.47 Å². The molecule has 274 valence electrons. The van der Waals surface area contributed by atoms with Crippen LogP contribution in [0.4, 0.5) is 0 Å². The molecule has 1 aliphatic heterocycles. The van der Waals surface area contributed by atoms with Gasteiger partial charge in [0.2, 0.25) is 0 Å². The Kier molecular flexibility index (Phi) is 31.1. The summed E-state index contributed by atoms with van der Waals surface area (Å²) in [6.07, 6.45) is 51.5. The summed E-state index contributed by atoms with van der Waals surface area (Å²) in [7, 11) is 2.06. The number of ether oxygens (including phenoxy) is 2. The number of likely N-dealkylation sites (N-methyl/N-ethyl adjacent to an activating group) is 1. The fourth-order valence-corrected chi connectivity index (χ4v) is 6.47. The van der Waals surface area contributed by atoms with Gasteiger partial charge in [-0.25, -0.2) is 0 Å². The van der Waals surface area contributed by atoms with Crippen LogP contribution in [0.15, 0.2) is 48.6 Å². The number of unbranched alkanes of at least 4 members (excludes halogenated alkanes) is 18. The molecule has 0 bridgehead atoms. The van der Waals surface area contributed by atoms with Gasteiger partial charge in [0.1, 0.15) is 0 Å². The number of aliphatic hydroxyl groups excluding tert-OH is 1. The summed E-state index contributed by atoms with van der Waals surface area (Å²) >= 11 is 0. The van der Waals surface area contributed by atoms with Crippen LogP contribution in [-0.2, 0) is 9.47 Å². The van der Waals surface area contributed by atoms with Gasteiger partial charge in [-0.3, -0.25) is 0 Å². The topological polar surface area (TPSA) is 41.9 Å². The average Bonchev–Trinajstić information content (AvgIpc) is 3.46. The predicted molar refractivity (Wildman–Crippen MR) is 206 cm³/mol. The molecule has 1 heterocycles. The maximum Gasteiger partial charge on any atom is 0.168 e. The zero-order chi connectivity index (χ0) is 33.9. The second-order valence-electron chi connectivity index (χ2n) is 14.1. The van der Waals surface area contributed by atoms with Gasteiger partial charge in [0.05, 0.1) is 19.3 Å². The van der Waals surface area contributed by atoms with E-state index in [1.807, 2.05) is 0 Å². The second kappa shape index (κ2) is 33.3. The van der Waals surface area contributed by atoms with Crippen LogP contribution < -0.4 is 0 Å². The first-order valence-electron chi connectivity index (χ1n) is 20.4. The molecule has 0 aromatic carbocycles. The number of allylic oxidation sites excluding steroid dienone is 8. The van der Waals surface area contributed by atoms with Crippen molar-refractivity contribution < 1.29 is 14.6 Å². The summed E-state index contributed by atoms with van der Waals surface area (Å²) in [5, 5.41) is 9.31. The number of hydrogen-bond acceptors (Lipinski definition) is 4. The molecule has 0 saturated carbocycles. The summed E-state index contributed by atoms with van der Waals surface area (Å²) in [5.41, 5.74) is 0. The van der Waals surface area contributed by atoms with E-state index in [9.17, 15) is 5.11 Å². The standard InChI is InChI=1S/C43H79NO3/c1-4-6-8-10-12-14-16-18-20-22-24-26-28-30-32-34-36-43(46-41-42(47-43)40-44(3)38-39-45)37-35-33-31-29-27-25-23-21-19-17-15-13-11-9-7-5-2/h12-15,18-21,42,45H,4-11,16-17,22-41H2,1-3H3/b14-12-,15-13-,20-18-,21-19-/t42-/m0/s1. The summed E-state index contributed by atoms with van der Waals surface area (Å²) in [6, 6.07) is 0. The molecule has 0 aromatic heterocycles. The fraction of sp³-hybridized carbons (Fsp3) is 0.814.